The molecule has 0 spiro atoms. The summed E-state index contributed by atoms with van der Waals surface area (Å²) in [5.74, 6) is -0.600. The number of rotatable bonds is 1. The molecule has 0 aliphatic carbocycles. The van der Waals surface area contributed by atoms with Crippen molar-refractivity contribution in [1.29, 1.82) is 0 Å². The van der Waals surface area contributed by atoms with E-state index in [0.717, 1.165) is 10.5 Å². The summed E-state index contributed by atoms with van der Waals surface area (Å²) in [4.78, 5) is 24.0. The van der Waals surface area contributed by atoms with E-state index in [2.05, 4.69) is 4.74 Å². The maximum atomic E-state index is 11.8. The Morgan fingerprint density at radius 2 is 2.00 bits per heavy atom. The van der Waals surface area contributed by atoms with Crippen molar-refractivity contribution in [3.8, 4) is 0 Å². The number of amides is 1. The summed E-state index contributed by atoms with van der Waals surface area (Å²) in [6, 6.07) is 5.68. The number of carbonyl (C=O) groups is 2. The lowest BCUT2D eigenvalue weighted by molar-refractivity contribution is -0.147. The molecule has 96 valence electrons. The molecule has 0 fully saturated rings. The number of carboxylic acid groups (broad SMARTS) is 1. The van der Waals surface area contributed by atoms with Crippen LogP contribution in [0.2, 0.25) is 0 Å². The van der Waals surface area contributed by atoms with Gasteiger partial charge < -0.3 is 15.6 Å². The largest absolute Gasteiger partial charge is 0.467 e. The molecule has 1 heterocycles. The van der Waals surface area contributed by atoms with E-state index < -0.39 is 24.1 Å². The zero-order valence-corrected chi connectivity index (χ0v) is 9.87. The van der Waals surface area contributed by atoms with E-state index in [-0.39, 0.29) is 6.54 Å². The van der Waals surface area contributed by atoms with Gasteiger partial charge in [0.05, 0.1) is 7.11 Å². The molecule has 1 aromatic carbocycles. The molecule has 0 unspecified atom stereocenters. The third-order valence-corrected chi connectivity index (χ3v) is 3.07. The summed E-state index contributed by atoms with van der Waals surface area (Å²) in [7, 11) is 1.24. The zero-order chi connectivity index (χ0) is 13.3. The van der Waals surface area contributed by atoms with Crippen molar-refractivity contribution in [2.24, 2.45) is 5.73 Å². The van der Waals surface area contributed by atoms with Crippen LogP contribution in [-0.4, -0.2) is 35.7 Å². The lowest BCUT2D eigenvalue weighted by Gasteiger charge is -2.36. The molecule has 0 aromatic heterocycles. The Morgan fingerprint density at radius 3 is 2.56 bits per heavy atom. The highest BCUT2D eigenvalue weighted by molar-refractivity contribution is 5.83. The molecule has 2 atom stereocenters. The Kier molecular flexibility index (Phi) is 3.20. The van der Waals surface area contributed by atoms with Crippen molar-refractivity contribution in [3.63, 3.8) is 0 Å². The number of nitrogens with two attached hydrogens (primary N) is 1. The van der Waals surface area contributed by atoms with E-state index in [1.54, 1.807) is 18.2 Å². The van der Waals surface area contributed by atoms with Gasteiger partial charge in [-0.15, -0.1) is 0 Å². The highest BCUT2D eigenvalue weighted by Gasteiger charge is 2.39. The number of ether oxygens (including phenoxy) is 1. The van der Waals surface area contributed by atoms with Gasteiger partial charge in [-0.2, -0.15) is 0 Å². The van der Waals surface area contributed by atoms with Crippen molar-refractivity contribution in [2.45, 2.75) is 12.1 Å². The van der Waals surface area contributed by atoms with Gasteiger partial charge in [-0.3, -0.25) is 4.90 Å². The Balaban J connectivity index is 2.52. The van der Waals surface area contributed by atoms with Gasteiger partial charge in [0, 0.05) is 12.6 Å². The summed E-state index contributed by atoms with van der Waals surface area (Å²) in [6.07, 6.45) is -1.18. The lowest BCUT2D eigenvalue weighted by atomic mass is 9.90. The minimum Gasteiger partial charge on any atom is -0.467 e. The molecule has 3 N–H and O–H groups in total. The number of carbonyl (C=O) groups excluding carboxylic acids is 1. The van der Waals surface area contributed by atoms with Crippen molar-refractivity contribution >= 4 is 12.1 Å². The van der Waals surface area contributed by atoms with Crippen LogP contribution in [0.1, 0.15) is 23.2 Å². The van der Waals surface area contributed by atoms with E-state index >= 15 is 0 Å². The van der Waals surface area contributed by atoms with Gasteiger partial charge in [0.25, 0.3) is 0 Å². The number of nitrogens with zero attached hydrogens (tertiary/aromatic N) is 1. The maximum absolute atomic E-state index is 11.8. The van der Waals surface area contributed by atoms with E-state index in [9.17, 15) is 9.59 Å². The van der Waals surface area contributed by atoms with Crippen LogP contribution < -0.4 is 5.73 Å². The van der Waals surface area contributed by atoms with Crippen molar-refractivity contribution < 1.29 is 19.4 Å². The quantitative estimate of drug-likeness (QED) is 0.722. The molecule has 1 aliphatic rings. The summed E-state index contributed by atoms with van der Waals surface area (Å²) < 4.78 is 4.68. The van der Waals surface area contributed by atoms with Crippen LogP contribution in [0.4, 0.5) is 4.79 Å². The first-order chi connectivity index (χ1) is 8.56. The highest BCUT2D eigenvalue weighted by Crippen LogP contribution is 2.34. The molecule has 0 saturated carbocycles. The van der Waals surface area contributed by atoms with Crippen LogP contribution in [0.25, 0.3) is 0 Å². The molecular weight excluding hydrogens is 236 g/mol. The molecule has 0 radical (unpaired) electrons. The van der Waals surface area contributed by atoms with E-state index in [4.69, 9.17) is 10.8 Å². The second-order valence-corrected chi connectivity index (χ2v) is 4.10. The van der Waals surface area contributed by atoms with Crippen LogP contribution in [-0.2, 0) is 9.53 Å². The van der Waals surface area contributed by atoms with Crippen molar-refractivity contribution in [1.82, 2.24) is 4.90 Å². The molecule has 2 rings (SSSR count). The van der Waals surface area contributed by atoms with Crippen LogP contribution in [0.3, 0.4) is 0 Å². The summed E-state index contributed by atoms with van der Waals surface area (Å²) in [6.45, 7) is 0.0755. The summed E-state index contributed by atoms with van der Waals surface area (Å²) in [5, 5.41) is 9.16. The molecule has 18 heavy (non-hydrogen) atoms. The zero-order valence-electron chi connectivity index (χ0n) is 9.87. The first-order valence-electron chi connectivity index (χ1n) is 5.48. The fourth-order valence-electron chi connectivity index (χ4n) is 2.24. The number of hydrogen-bond donors (Lipinski definition) is 2. The first-order valence-corrected chi connectivity index (χ1v) is 5.48. The van der Waals surface area contributed by atoms with Gasteiger partial charge in [0.15, 0.2) is 6.04 Å². The minimum absolute atomic E-state index is 0.0755. The second-order valence-electron chi connectivity index (χ2n) is 4.10. The molecule has 1 amide bonds. The molecule has 6 heteroatoms. The Labute approximate surface area is 104 Å². The van der Waals surface area contributed by atoms with Crippen LogP contribution in [0.5, 0.6) is 0 Å². The topological polar surface area (TPSA) is 92.9 Å². The van der Waals surface area contributed by atoms with Crippen LogP contribution in [0, 0.1) is 0 Å². The summed E-state index contributed by atoms with van der Waals surface area (Å²) in [5.41, 5.74) is 7.29. The number of hydrogen-bond acceptors (Lipinski definition) is 4. The average molecular weight is 250 g/mol. The van der Waals surface area contributed by atoms with Gasteiger partial charge in [0.2, 0.25) is 0 Å². The van der Waals surface area contributed by atoms with Crippen LogP contribution >= 0.6 is 0 Å². The lowest BCUT2D eigenvalue weighted by Crippen LogP contribution is -2.46. The minimum atomic E-state index is -1.18. The number of methoxy groups -OCH3 is 1. The monoisotopic (exact) mass is 250 g/mol. The van der Waals surface area contributed by atoms with E-state index in [1.807, 2.05) is 6.07 Å². The Morgan fingerprint density at radius 1 is 1.39 bits per heavy atom. The number of benzene rings is 1. The van der Waals surface area contributed by atoms with E-state index in [1.165, 1.54) is 7.11 Å². The van der Waals surface area contributed by atoms with Crippen molar-refractivity contribution in [2.75, 3.05) is 13.7 Å². The fourth-order valence-corrected chi connectivity index (χ4v) is 2.24. The third-order valence-electron chi connectivity index (χ3n) is 3.07. The van der Waals surface area contributed by atoms with Gasteiger partial charge in [0.1, 0.15) is 0 Å². The molecule has 1 aliphatic heterocycles. The first kappa shape index (κ1) is 12.4. The third kappa shape index (κ3) is 1.91. The number of esters is 1. The average Bonchev–Trinajstić information content (AvgIpc) is 2.37. The standard InChI is InChI=1S/C12H14N2O4/c1-18-11(15)10-8-5-3-2-4-7(8)9(13)6-14(10)12(16)17/h2-5,9-10H,6,13H2,1H3,(H,16,17)/t9-,10-/m0/s1. The smallest absolute Gasteiger partial charge is 0.408 e. The Hall–Kier alpha value is -2.08. The summed E-state index contributed by atoms with van der Waals surface area (Å²) >= 11 is 0. The molecular formula is C12H14N2O4. The van der Waals surface area contributed by atoms with Gasteiger partial charge in [-0.1, -0.05) is 24.3 Å². The van der Waals surface area contributed by atoms with Gasteiger partial charge in [-0.25, -0.2) is 9.59 Å². The second kappa shape index (κ2) is 4.66. The van der Waals surface area contributed by atoms with E-state index in [0.29, 0.717) is 5.56 Å². The normalized spacial score (nSPS) is 22.2. The SMILES string of the molecule is COC(=O)[C@@H]1c2ccccc2[C@@H](N)CN1C(=O)O. The molecule has 0 saturated heterocycles. The predicted octanol–water partition coefficient (Wildman–Crippen LogP) is 0.894. The van der Waals surface area contributed by atoms with Crippen LogP contribution in [0.15, 0.2) is 24.3 Å². The van der Waals surface area contributed by atoms with Gasteiger partial charge >= 0.3 is 12.1 Å². The molecule has 6 nitrogen and oxygen atoms in total. The maximum Gasteiger partial charge on any atom is 0.408 e. The number of fused-ring (bicyclic) bond motifs is 1. The highest BCUT2D eigenvalue weighted by atomic mass is 16.5. The molecule has 1 aromatic rings. The fraction of sp³-hybridized carbons (Fsp3) is 0.333. The molecule has 0 bridgehead atoms. The van der Waals surface area contributed by atoms with Gasteiger partial charge in [-0.05, 0) is 11.1 Å². The van der Waals surface area contributed by atoms with Crippen molar-refractivity contribution in [3.05, 3.63) is 35.4 Å². The Bertz CT molecular complexity index is 489. The predicted molar refractivity (Wildman–Crippen MR) is 62.9 cm³/mol.